The second-order valence-electron chi connectivity index (χ2n) is 5.36. The molecule has 0 fully saturated rings. The van der Waals surface area contributed by atoms with Crippen LogP contribution in [0.3, 0.4) is 0 Å². The van der Waals surface area contributed by atoms with E-state index in [-0.39, 0.29) is 0 Å². The fraction of sp³-hybridized carbons (Fsp3) is 0.353. The summed E-state index contributed by atoms with van der Waals surface area (Å²) in [7, 11) is 0. The highest BCUT2D eigenvalue weighted by Crippen LogP contribution is 2.39. The Labute approximate surface area is 107 Å². The van der Waals surface area contributed by atoms with Crippen LogP contribution in [0.5, 0.6) is 0 Å². The van der Waals surface area contributed by atoms with E-state index in [1.807, 2.05) is 0 Å². The van der Waals surface area contributed by atoms with E-state index in [0.717, 1.165) is 12.2 Å². The van der Waals surface area contributed by atoms with Crippen molar-refractivity contribution in [2.45, 2.75) is 38.5 Å². The first kappa shape index (κ1) is 10.3. The van der Waals surface area contributed by atoms with E-state index in [1.165, 1.54) is 49.0 Å². The molecular weight excluding hydrogens is 220 g/mol. The number of benzene rings is 1. The average Bonchev–Trinajstić information content (AvgIpc) is 3.06. The molecule has 0 N–H and O–H groups in total. The molecule has 0 aliphatic heterocycles. The van der Waals surface area contributed by atoms with Gasteiger partial charge in [0.2, 0.25) is 0 Å². The van der Waals surface area contributed by atoms with Crippen molar-refractivity contribution in [1.82, 2.24) is 0 Å². The maximum Gasteiger partial charge on any atom is 0.363 e. The number of rotatable bonds is 1. The van der Waals surface area contributed by atoms with Gasteiger partial charge in [-0.2, -0.15) is 0 Å². The summed E-state index contributed by atoms with van der Waals surface area (Å²) in [6.07, 6.45) is 7.37. The number of hydrogen-bond donors (Lipinski definition) is 0. The Balaban J connectivity index is 1.97. The van der Waals surface area contributed by atoms with Gasteiger partial charge in [-0.15, -0.1) is 0 Å². The lowest BCUT2D eigenvalue weighted by atomic mass is 10.00. The molecule has 1 heterocycles. The maximum absolute atomic E-state index is 6.25. The van der Waals surface area contributed by atoms with Crippen molar-refractivity contribution in [2.75, 3.05) is 0 Å². The van der Waals surface area contributed by atoms with Crippen LogP contribution in [-0.2, 0) is 25.7 Å². The number of fused-ring (bicyclic) bond motifs is 3. The summed E-state index contributed by atoms with van der Waals surface area (Å²) in [4.78, 5) is 0. The van der Waals surface area contributed by atoms with Crippen molar-refractivity contribution in [1.29, 1.82) is 0 Å². The van der Waals surface area contributed by atoms with E-state index < -0.39 is 0 Å². The van der Waals surface area contributed by atoms with Crippen molar-refractivity contribution >= 4 is 0 Å². The zero-order valence-corrected chi connectivity index (χ0v) is 10.5. The zero-order valence-electron chi connectivity index (χ0n) is 10.5. The highest BCUT2D eigenvalue weighted by Gasteiger charge is 2.35. The van der Waals surface area contributed by atoms with Crippen molar-refractivity contribution in [3.63, 3.8) is 0 Å². The summed E-state index contributed by atoms with van der Waals surface area (Å²) < 4.78 is 6.25. The van der Waals surface area contributed by atoms with Crippen LogP contribution >= 0.6 is 0 Å². The molecule has 90 valence electrons. The largest absolute Gasteiger partial charge is 0.363 e. The smallest absolute Gasteiger partial charge is 0.212 e. The van der Waals surface area contributed by atoms with Crippen LogP contribution in [0, 0.1) is 0 Å². The molecule has 0 spiro atoms. The monoisotopic (exact) mass is 237 g/mol. The highest BCUT2D eigenvalue weighted by molar-refractivity contribution is 5.65. The van der Waals surface area contributed by atoms with Crippen molar-refractivity contribution < 1.29 is 4.42 Å². The van der Waals surface area contributed by atoms with E-state index in [4.69, 9.17) is 4.42 Å². The van der Waals surface area contributed by atoms with Gasteiger partial charge in [0.1, 0.15) is 0 Å². The summed E-state index contributed by atoms with van der Waals surface area (Å²) in [5.74, 6) is 2.40. The minimum Gasteiger partial charge on any atom is -0.212 e. The second kappa shape index (κ2) is 3.94. The molecule has 1 heteroatoms. The van der Waals surface area contributed by atoms with Crippen LogP contribution in [0.2, 0.25) is 0 Å². The molecule has 0 saturated carbocycles. The van der Waals surface area contributed by atoms with Crippen molar-refractivity contribution in [3.8, 4) is 11.3 Å². The molecule has 1 aromatic carbocycles. The van der Waals surface area contributed by atoms with E-state index in [1.54, 1.807) is 11.1 Å². The van der Waals surface area contributed by atoms with E-state index in [2.05, 4.69) is 30.3 Å². The molecule has 1 aromatic heterocycles. The third kappa shape index (κ3) is 1.43. The van der Waals surface area contributed by atoms with Crippen molar-refractivity contribution in [2.24, 2.45) is 0 Å². The molecule has 2 aliphatic carbocycles. The average molecular weight is 237 g/mol. The molecule has 0 amide bonds. The summed E-state index contributed by atoms with van der Waals surface area (Å²) in [6.45, 7) is 0. The summed E-state index contributed by atoms with van der Waals surface area (Å²) >= 11 is 0. The van der Waals surface area contributed by atoms with Gasteiger partial charge in [-0.3, -0.25) is 0 Å². The van der Waals surface area contributed by atoms with Gasteiger partial charge < -0.3 is 0 Å². The lowest BCUT2D eigenvalue weighted by molar-refractivity contribution is 0.509. The molecule has 2 aliphatic rings. The van der Waals surface area contributed by atoms with Crippen LogP contribution in [0.25, 0.3) is 11.3 Å². The van der Waals surface area contributed by atoms with Crippen molar-refractivity contribution in [3.05, 3.63) is 52.8 Å². The van der Waals surface area contributed by atoms with Gasteiger partial charge in [-0.25, -0.2) is 4.42 Å². The molecule has 1 nitrogen and oxygen atoms in total. The van der Waals surface area contributed by atoms with Gasteiger partial charge >= 0.3 is 11.5 Å². The molecule has 2 aromatic rings. The van der Waals surface area contributed by atoms with Crippen LogP contribution < -0.4 is 0 Å². The maximum atomic E-state index is 6.25. The summed E-state index contributed by atoms with van der Waals surface area (Å²) in [5, 5.41) is 0. The number of aryl methyl sites for hydroxylation is 1. The Morgan fingerprint density at radius 3 is 2.33 bits per heavy atom. The molecule has 4 rings (SSSR count). The minimum absolute atomic E-state index is 1.13. The van der Waals surface area contributed by atoms with Crippen LogP contribution in [0.15, 0.2) is 34.7 Å². The Hall–Kier alpha value is -1.63. The Morgan fingerprint density at radius 2 is 1.44 bits per heavy atom. The van der Waals surface area contributed by atoms with E-state index in [0.29, 0.717) is 0 Å². The van der Waals surface area contributed by atoms with Gasteiger partial charge in [0, 0.05) is 0 Å². The lowest BCUT2D eigenvalue weighted by Gasteiger charge is -2.03. The molecule has 0 radical (unpaired) electrons. The predicted octanol–water partition coefficient (Wildman–Crippen LogP) is 4.21. The summed E-state index contributed by atoms with van der Waals surface area (Å²) in [5.41, 5.74) is 5.89. The van der Waals surface area contributed by atoms with Gasteiger partial charge in [0.15, 0.2) is 0 Å². The Morgan fingerprint density at radius 1 is 0.722 bits per heavy atom. The fourth-order valence-corrected chi connectivity index (χ4v) is 3.48. The van der Waals surface area contributed by atoms with Gasteiger partial charge in [-0.05, 0) is 49.8 Å². The normalized spacial score (nSPS) is 16.7. The summed E-state index contributed by atoms with van der Waals surface area (Å²) in [6, 6.07) is 10.6. The van der Waals surface area contributed by atoms with Gasteiger partial charge in [0.05, 0.1) is 23.1 Å². The van der Waals surface area contributed by atoms with Crippen LogP contribution in [0.4, 0.5) is 0 Å². The Kier molecular flexibility index (Phi) is 2.26. The predicted molar refractivity (Wildman–Crippen MR) is 72.6 cm³/mol. The Bertz CT molecular complexity index is 599. The molecular formula is C17H17O+. The topological polar surface area (TPSA) is 11.3 Å². The van der Waals surface area contributed by atoms with E-state index in [9.17, 15) is 0 Å². The minimum atomic E-state index is 1.13. The lowest BCUT2D eigenvalue weighted by Crippen LogP contribution is -1.96. The first-order valence-corrected chi connectivity index (χ1v) is 6.98. The molecule has 18 heavy (non-hydrogen) atoms. The van der Waals surface area contributed by atoms with Gasteiger partial charge in [-0.1, -0.05) is 18.2 Å². The third-order valence-electron chi connectivity index (χ3n) is 4.28. The first-order valence-electron chi connectivity index (χ1n) is 6.98. The zero-order chi connectivity index (χ0) is 11.9. The number of hydrogen-bond acceptors (Lipinski definition) is 0. The molecule has 0 saturated heterocycles. The molecule has 0 atom stereocenters. The molecule has 0 unspecified atom stereocenters. The third-order valence-corrected chi connectivity index (χ3v) is 4.28. The fourth-order valence-electron chi connectivity index (χ4n) is 3.48. The van der Waals surface area contributed by atoms with Crippen LogP contribution in [-0.4, -0.2) is 0 Å². The second-order valence-corrected chi connectivity index (χ2v) is 5.36. The quantitative estimate of drug-likeness (QED) is 0.676. The first-order chi connectivity index (χ1) is 8.93. The van der Waals surface area contributed by atoms with E-state index >= 15 is 0 Å². The van der Waals surface area contributed by atoms with Gasteiger partial charge in [0.25, 0.3) is 0 Å². The standard InChI is InChI=1S/C17H17O/c1-2-6-12(7-3-1)17-15-10-4-8-13(15)14-9-5-11-16(14)18-17/h1-3,6-7H,4-5,8-11H2/q+1. The highest BCUT2D eigenvalue weighted by atomic mass is 16.3. The van der Waals surface area contributed by atoms with Crippen LogP contribution in [0.1, 0.15) is 35.3 Å². The molecule has 0 bridgehead atoms. The SMILES string of the molecule is c1ccc(-c2[o+]c3c(c4c2CCC4)CCC3)cc1.